The molecule has 0 unspecified atom stereocenters. The molecule has 0 aromatic heterocycles. The Balaban J connectivity index is 2.59. The van der Waals surface area contributed by atoms with Crippen LogP contribution in [0.1, 0.15) is 31.9 Å². The molecule has 0 saturated carbocycles. The topological polar surface area (TPSA) is 66.4 Å². The number of hydrogen-bond acceptors (Lipinski definition) is 3. The van der Waals surface area contributed by atoms with E-state index in [-0.39, 0.29) is 24.3 Å². The Morgan fingerprint density at radius 1 is 1.11 bits per heavy atom. The maximum absolute atomic E-state index is 11.8. The van der Waals surface area contributed by atoms with E-state index in [1.54, 1.807) is 12.1 Å². The van der Waals surface area contributed by atoms with Crippen molar-refractivity contribution in [2.24, 2.45) is 5.41 Å². The summed E-state index contributed by atoms with van der Waals surface area (Å²) in [6.07, 6.45) is 0. The van der Waals surface area contributed by atoms with Crippen LogP contribution in [-0.2, 0) is 23.2 Å². The maximum Gasteiger partial charge on any atom is 0.212 e. The Labute approximate surface area is 109 Å². The van der Waals surface area contributed by atoms with Gasteiger partial charge in [-0.3, -0.25) is 0 Å². The molecule has 1 aromatic rings. The molecule has 102 valence electrons. The lowest BCUT2D eigenvalue weighted by Crippen LogP contribution is -2.31. The molecular formula is C13H21NO3S. The Morgan fingerprint density at radius 3 is 2.06 bits per heavy atom. The van der Waals surface area contributed by atoms with E-state index >= 15 is 0 Å². The minimum Gasteiger partial charge on any atom is -0.392 e. The number of aliphatic hydroxyl groups is 1. The minimum absolute atomic E-state index is 0.00394. The molecule has 0 fully saturated rings. The van der Waals surface area contributed by atoms with Crippen molar-refractivity contribution in [3.8, 4) is 0 Å². The van der Waals surface area contributed by atoms with Crippen LogP contribution in [0.5, 0.6) is 0 Å². The first-order chi connectivity index (χ1) is 8.22. The van der Waals surface area contributed by atoms with Gasteiger partial charge in [0.05, 0.1) is 12.4 Å². The average Bonchev–Trinajstić information content (AvgIpc) is 2.24. The SMILES string of the molecule is CC(C)(C)CS(=O)(=O)NCc1ccc(CO)cc1. The molecule has 4 nitrogen and oxygen atoms in total. The van der Waals surface area contributed by atoms with Gasteiger partial charge in [-0.15, -0.1) is 0 Å². The van der Waals surface area contributed by atoms with E-state index in [1.807, 2.05) is 32.9 Å². The van der Waals surface area contributed by atoms with E-state index in [0.717, 1.165) is 11.1 Å². The van der Waals surface area contributed by atoms with Gasteiger partial charge in [-0.1, -0.05) is 45.0 Å². The molecule has 0 atom stereocenters. The normalized spacial score (nSPS) is 12.7. The second-order valence-corrected chi connectivity index (χ2v) is 7.42. The third-order valence-corrected chi connectivity index (χ3v) is 4.16. The van der Waals surface area contributed by atoms with Gasteiger partial charge < -0.3 is 5.11 Å². The molecule has 0 radical (unpaired) electrons. The molecule has 0 aliphatic carbocycles. The third-order valence-electron chi connectivity index (χ3n) is 2.32. The van der Waals surface area contributed by atoms with Gasteiger partial charge in [0.25, 0.3) is 0 Å². The van der Waals surface area contributed by atoms with Crippen molar-refractivity contribution in [1.82, 2.24) is 4.72 Å². The molecular weight excluding hydrogens is 250 g/mol. The largest absolute Gasteiger partial charge is 0.392 e. The lowest BCUT2D eigenvalue weighted by molar-refractivity contribution is 0.282. The molecule has 5 heteroatoms. The van der Waals surface area contributed by atoms with E-state index < -0.39 is 10.0 Å². The summed E-state index contributed by atoms with van der Waals surface area (Å²) in [7, 11) is -3.25. The summed E-state index contributed by atoms with van der Waals surface area (Å²) < 4.78 is 26.2. The summed E-state index contributed by atoms with van der Waals surface area (Å²) >= 11 is 0. The van der Waals surface area contributed by atoms with E-state index in [0.29, 0.717) is 0 Å². The van der Waals surface area contributed by atoms with Crippen molar-refractivity contribution >= 4 is 10.0 Å². The zero-order chi connectivity index (χ0) is 13.8. The molecule has 0 aliphatic rings. The van der Waals surface area contributed by atoms with Crippen LogP contribution in [0.15, 0.2) is 24.3 Å². The highest BCUT2D eigenvalue weighted by molar-refractivity contribution is 7.89. The zero-order valence-electron chi connectivity index (χ0n) is 11.1. The monoisotopic (exact) mass is 271 g/mol. The zero-order valence-corrected chi connectivity index (χ0v) is 11.9. The molecule has 2 N–H and O–H groups in total. The summed E-state index contributed by atoms with van der Waals surface area (Å²) in [5.74, 6) is 0.106. The van der Waals surface area contributed by atoms with Crippen LogP contribution in [-0.4, -0.2) is 19.3 Å². The number of aliphatic hydroxyl groups excluding tert-OH is 1. The predicted octanol–water partition coefficient (Wildman–Crippen LogP) is 1.64. The molecule has 0 aliphatic heterocycles. The fourth-order valence-corrected chi connectivity index (χ4v) is 3.21. The second-order valence-electron chi connectivity index (χ2n) is 5.62. The van der Waals surface area contributed by atoms with Gasteiger partial charge in [0.1, 0.15) is 0 Å². The van der Waals surface area contributed by atoms with E-state index in [2.05, 4.69) is 4.72 Å². The number of sulfonamides is 1. The Hall–Kier alpha value is -0.910. The van der Waals surface area contributed by atoms with Crippen LogP contribution in [0.2, 0.25) is 0 Å². The lowest BCUT2D eigenvalue weighted by atomic mass is 10.0. The summed E-state index contributed by atoms with van der Waals surface area (Å²) in [6, 6.07) is 7.19. The number of rotatable bonds is 5. The smallest absolute Gasteiger partial charge is 0.212 e. The van der Waals surface area contributed by atoms with Crippen molar-refractivity contribution in [3.63, 3.8) is 0 Å². The third kappa shape index (κ3) is 5.62. The lowest BCUT2D eigenvalue weighted by Gasteiger charge is -2.18. The second kappa shape index (κ2) is 5.82. The fourth-order valence-electron chi connectivity index (χ4n) is 1.58. The molecule has 1 rings (SSSR count). The van der Waals surface area contributed by atoms with Crippen LogP contribution in [0.25, 0.3) is 0 Å². The van der Waals surface area contributed by atoms with Crippen molar-refractivity contribution in [3.05, 3.63) is 35.4 Å². The van der Waals surface area contributed by atoms with Crippen molar-refractivity contribution < 1.29 is 13.5 Å². The first kappa shape index (κ1) is 15.1. The van der Waals surface area contributed by atoms with Crippen molar-refractivity contribution in [2.45, 2.75) is 33.9 Å². The van der Waals surface area contributed by atoms with Crippen LogP contribution < -0.4 is 4.72 Å². The van der Waals surface area contributed by atoms with Crippen LogP contribution >= 0.6 is 0 Å². The molecule has 0 heterocycles. The van der Waals surface area contributed by atoms with E-state index in [4.69, 9.17) is 5.11 Å². The summed E-state index contributed by atoms with van der Waals surface area (Å²) in [4.78, 5) is 0. The highest BCUT2D eigenvalue weighted by Gasteiger charge is 2.20. The first-order valence-corrected chi connectivity index (χ1v) is 7.53. The predicted molar refractivity (Wildman–Crippen MR) is 72.4 cm³/mol. The van der Waals surface area contributed by atoms with Gasteiger partial charge >= 0.3 is 0 Å². The van der Waals surface area contributed by atoms with Crippen molar-refractivity contribution in [2.75, 3.05) is 5.75 Å². The highest BCUT2D eigenvalue weighted by Crippen LogP contribution is 2.15. The van der Waals surface area contributed by atoms with Gasteiger partial charge in [0, 0.05) is 6.54 Å². The molecule has 0 bridgehead atoms. The van der Waals surface area contributed by atoms with Gasteiger partial charge in [-0.2, -0.15) is 0 Å². The van der Waals surface area contributed by atoms with Gasteiger partial charge in [-0.25, -0.2) is 13.1 Å². The molecule has 0 spiro atoms. The van der Waals surface area contributed by atoms with E-state index in [1.165, 1.54) is 0 Å². The fraction of sp³-hybridized carbons (Fsp3) is 0.538. The average molecular weight is 271 g/mol. The van der Waals surface area contributed by atoms with Gasteiger partial charge in [-0.05, 0) is 16.5 Å². The van der Waals surface area contributed by atoms with Crippen LogP contribution in [0, 0.1) is 5.41 Å². The summed E-state index contributed by atoms with van der Waals surface area (Å²) in [5, 5.41) is 8.90. The van der Waals surface area contributed by atoms with Crippen LogP contribution in [0.3, 0.4) is 0 Å². The Kier molecular flexibility index (Phi) is 4.90. The molecule has 18 heavy (non-hydrogen) atoms. The van der Waals surface area contributed by atoms with Crippen molar-refractivity contribution in [1.29, 1.82) is 0 Å². The number of nitrogens with one attached hydrogen (secondary N) is 1. The van der Waals surface area contributed by atoms with Crippen LogP contribution in [0.4, 0.5) is 0 Å². The quantitative estimate of drug-likeness (QED) is 0.855. The van der Waals surface area contributed by atoms with Gasteiger partial charge in [0.15, 0.2) is 0 Å². The molecule has 1 aromatic carbocycles. The summed E-state index contributed by atoms with van der Waals surface area (Å²) in [5.41, 5.74) is 1.44. The number of benzene rings is 1. The van der Waals surface area contributed by atoms with E-state index in [9.17, 15) is 8.42 Å². The highest BCUT2D eigenvalue weighted by atomic mass is 32.2. The standard InChI is InChI=1S/C13H21NO3S/c1-13(2,3)10-18(16,17)14-8-11-4-6-12(9-15)7-5-11/h4-7,14-15H,8-10H2,1-3H3. The minimum atomic E-state index is -3.25. The first-order valence-electron chi connectivity index (χ1n) is 5.88. The Bertz CT molecular complexity index is 472. The number of hydrogen-bond donors (Lipinski definition) is 2. The Morgan fingerprint density at radius 2 is 1.61 bits per heavy atom. The molecule has 0 saturated heterocycles. The maximum atomic E-state index is 11.8. The molecule has 0 amide bonds. The summed E-state index contributed by atoms with van der Waals surface area (Å²) in [6.45, 7) is 5.95. The van der Waals surface area contributed by atoms with Gasteiger partial charge in [0.2, 0.25) is 10.0 Å².